The number of carbonyl (C=O) groups excluding carboxylic acids is 2. The van der Waals surface area contributed by atoms with Crippen molar-refractivity contribution in [3.63, 3.8) is 0 Å². The second-order valence-corrected chi connectivity index (χ2v) is 7.53. The van der Waals surface area contributed by atoms with E-state index in [-0.39, 0.29) is 23.0 Å². The standard InChI is InChI=1S/C19H16O7S/c1-11-8-14(26-27(3,22)23)10-15-17(11)18(20)16(25-15)9-12-4-6-13(7-5-12)19(21)24-2/h4-10H,1-3H3/b16-9-. The van der Waals surface area contributed by atoms with E-state index in [9.17, 15) is 18.0 Å². The number of ether oxygens (including phenoxy) is 2. The molecular formula is C19H16O7S. The fraction of sp³-hybridized carbons (Fsp3) is 0.158. The highest BCUT2D eigenvalue weighted by Gasteiger charge is 2.30. The molecule has 27 heavy (non-hydrogen) atoms. The summed E-state index contributed by atoms with van der Waals surface area (Å²) in [5, 5.41) is 0. The Balaban J connectivity index is 1.91. The van der Waals surface area contributed by atoms with Gasteiger partial charge in [-0.2, -0.15) is 8.42 Å². The highest BCUT2D eigenvalue weighted by Crippen LogP contribution is 2.37. The normalized spacial score (nSPS) is 14.6. The number of rotatable bonds is 4. The molecule has 0 atom stereocenters. The summed E-state index contributed by atoms with van der Waals surface area (Å²) in [5.74, 6) is -0.369. The Labute approximate surface area is 156 Å². The maximum Gasteiger partial charge on any atom is 0.337 e. The van der Waals surface area contributed by atoms with Crippen LogP contribution in [0.5, 0.6) is 11.5 Å². The van der Waals surface area contributed by atoms with Crippen LogP contribution in [0.3, 0.4) is 0 Å². The van der Waals surface area contributed by atoms with Crippen LogP contribution in [-0.4, -0.2) is 33.5 Å². The molecule has 1 aliphatic rings. The van der Waals surface area contributed by atoms with Crippen molar-refractivity contribution in [1.29, 1.82) is 0 Å². The maximum atomic E-state index is 12.6. The first-order valence-electron chi connectivity index (χ1n) is 7.84. The Morgan fingerprint density at radius 1 is 1.15 bits per heavy atom. The Bertz CT molecular complexity index is 1060. The van der Waals surface area contributed by atoms with Crippen molar-refractivity contribution in [2.45, 2.75) is 6.92 Å². The number of aryl methyl sites for hydroxylation is 1. The molecular weight excluding hydrogens is 372 g/mol. The molecule has 2 aromatic carbocycles. The molecule has 2 aromatic rings. The zero-order chi connectivity index (χ0) is 19.8. The predicted molar refractivity (Wildman–Crippen MR) is 97.4 cm³/mol. The lowest BCUT2D eigenvalue weighted by atomic mass is 10.0. The first-order chi connectivity index (χ1) is 12.7. The zero-order valence-corrected chi connectivity index (χ0v) is 15.6. The van der Waals surface area contributed by atoms with Gasteiger partial charge in [0.1, 0.15) is 11.5 Å². The van der Waals surface area contributed by atoms with E-state index in [1.807, 2.05) is 0 Å². The molecule has 140 valence electrons. The van der Waals surface area contributed by atoms with Gasteiger partial charge in [0.2, 0.25) is 5.78 Å². The van der Waals surface area contributed by atoms with Gasteiger partial charge in [-0.1, -0.05) is 12.1 Å². The zero-order valence-electron chi connectivity index (χ0n) is 14.8. The Kier molecular flexibility index (Phi) is 4.75. The van der Waals surface area contributed by atoms with Gasteiger partial charge >= 0.3 is 16.1 Å². The molecule has 0 spiro atoms. The molecule has 0 unspecified atom stereocenters. The van der Waals surface area contributed by atoms with E-state index in [4.69, 9.17) is 8.92 Å². The fourth-order valence-electron chi connectivity index (χ4n) is 2.68. The fourth-order valence-corrected chi connectivity index (χ4v) is 3.13. The number of fused-ring (bicyclic) bond motifs is 1. The van der Waals surface area contributed by atoms with Gasteiger partial charge in [-0.05, 0) is 42.3 Å². The molecule has 3 rings (SSSR count). The first kappa shape index (κ1) is 18.7. The van der Waals surface area contributed by atoms with Crippen LogP contribution in [0.15, 0.2) is 42.2 Å². The van der Waals surface area contributed by atoms with Gasteiger partial charge in [0.15, 0.2) is 5.76 Å². The first-order valence-corrected chi connectivity index (χ1v) is 9.66. The molecule has 0 N–H and O–H groups in total. The Hall–Kier alpha value is -3.13. The van der Waals surface area contributed by atoms with Gasteiger partial charge in [0.25, 0.3) is 0 Å². The lowest BCUT2D eigenvalue weighted by Crippen LogP contribution is -2.06. The van der Waals surface area contributed by atoms with Crippen molar-refractivity contribution >= 4 is 27.9 Å². The van der Waals surface area contributed by atoms with Crippen LogP contribution >= 0.6 is 0 Å². The summed E-state index contributed by atoms with van der Waals surface area (Å²) < 4.78 is 37.7. The van der Waals surface area contributed by atoms with Gasteiger partial charge in [0.05, 0.1) is 24.5 Å². The van der Waals surface area contributed by atoms with Crippen LogP contribution in [0.2, 0.25) is 0 Å². The number of benzene rings is 2. The van der Waals surface area contributed by atoms with Crippen molar-refractivity contribution in [1.82, 2.24) is 0 Å². The maximum absolute atomic E-state index is 12.6. The van der Waals surface area contributed by atoms with Crippen molar-refractivity contribution in [2.24, 2.45) is 0 Å². The molecule has 0 bridgehead atoms. The van der Waals surface area contributed by atoms with Crippen molar-refractivity contribution in [3.8, 4) is 11.5 Å². The van der Waals surface area contributed by atoms with Crippen LogP contribution in [0.4, 0.5) is 0 Å². The summed E-state index contributed by atoms with van der Waals surface area (Å²) >= 11 is 0. The van der Waals surface area contributed by atoms with E-state index in [1.54, 1.807) is 37.3 Å². The van der Waals surface area contributed by atoms with Crippen molar-refractivity contribution < 1.29 is 31.7 Å². The lowest BCUT2D eigenvalue weighted by molar-refractivity contribution is 0.0600. The van der Waals surface area contributed by atoms with Gasteiger partial charge in [0, 0.05) is 6.07 Å². The summed E-state index contributed by atoms with van der Waals surface area (Å²) in [7, 11) is -2.40. The summed E-state index contributed by atoms with van der Waals surface area (Å²) in [4.78, 5) is 24.1. The highest BCUT2D eigenvalue weighted by atomic mass is 32.2. The molecule has 0 saturated heterocycles. The van der Waals surface area contributed by atoms with Crippen LogP contribution in [0, 0.1) is 6.92 Å². The van der Waals surface area contributed by atoms with Crippen LogP contribution < -0.4 is 8.92 Å². The second-order valence-electron chi connectivity index (χ2n) is 5.95. The molecule has 0 saturated carbocycles. The van der Waals surface area contributed by atoms with E-state index >= 15 is 0 Å². The third-order valence-corrected chi connectivity index (χ3v) is 4.32. The molecule has 1 aliphatic heterocycles. The van der Waals surface area contributed by atoms with Crippen molar-refractivity contribution in [3.05, 3.63) is 64.4 Å². The molecule has 1 heterocycles. The molecule has 7 nitrogen and oxygen atoms in total. The largest absolute Gasteiger partial charge is 0.465 e. The summed E-state index contributed by atoms with van der Waals surface area (Å²) in [6, 6.07) is 9.30. The molecule has 8 heteroatoms. The van der Waals surface area contributed by atoms with Crippen LogP contribution in [0.1, 0.15) is 31.8 Å². The van der Waals surface area contributed by atoms with E-state index in [0.29, 0.717) is 22.3 Å². The van der Waals surface area contributed by atoms with Gasteiger partial charge in [-0.15, -0.1) is 0 Å². The Morgan fingerprint density at radius 3 is 2.41 bits per heavy atom. The average Bonchev–Trinajstić information content (AvgIpc) is 2.89. The van der Waals surface area contributed by atoms with Gasteiger partial charge in [-0.3, -0.25) is 4.79 Å². The quantitative estimate of drug-likeness (QED) is 0.451. The number of esters is 1. The van der Waals surface area contributed by atoms with Gasteiger partial charge < -0.3 is 13.7 Å². The average molecular weight is 388 g/mol. The minimum atomic E-state index is -3.69. The molecule has 0 radical (unpaired) electrons. The van der Waals surface area contributed by atoms with E-state index < -0.39 is 16.1 Å². The molecule has 0 amide bonds. The van der Waals surface area contributed by atoms with Crippen molar-refractivity contribution in [2.75, 3.05) is 13.4 Å². The van der Waals surface area contributed by atoms with Crippen LogP contribution in [-0.2, 0) is 14.9 Å². The SMILES string of the molecule is COC(=O)c1ccc(/C=C2\Oc3cc(OS(C)(=O)=O)cc(C)c3C2=O)cc1. The topological polar surface area (TPSA) is 96.0 Å². The summed E-state index contributed by atoms with van der Waals surface area (Å²) in [6.07, 6.45) is 2.48. The molecule has 0 aliphatic carbocycles. The smallest absolute Gasteiger partial charge is 0.337 e. The minimum Gasteiger partial charge on any atom is -0.465 e. The number of Topliss-reactive ketones (excluding diaryl/α,β-unsaturated/α-hetero) is 1. The van der Waals surface area contributed by atoms with Crippen LogP contribution in [0.25, 0.3) is 6.08 Å². The third kappa shape index (κ3) is 4.01. The number of hydrogen-bond donors (Lipinski definition) is 0. The summed E-state index contributed by atoms with van der Waals surface area (Å²) in [5.41, 5.74) is 1.94. The van der Waals surface area contributed by atoms with E-state index in [0.717, 1.165) is 6.26 Å². The monoisotopic (exact) mass is 388 g/mol. The third-order valence-electron chi connectivity index (χ3n) is 3.82. The van der Waals surface area contributed by atoms with Gasteiger partial charge in [-0.25, -0.2) is 4.79 Å². The number of ketones is 1. The molecule has 0 fully saturated rings. The number of carbonyl (C=O) groups is 2. The number of methoxy groups -OCH3 is 1. The van der Waals surface area contributed by atoms with E-state index in [2.05, 4.69) is 4.74 Å². The molecule has 0 aromatic heterocycles. The number of hydrogen-bond acceptors (Lipinski definition) is 7. The highest BCUT2D eigenvalue weighted by molar-refractivity contribution is 7.86. The minimum absolute atomic E-state index is 0.0743. The number of allylic oxidation sites excluding steroid dienone is 1. The summed E-state index contributed by atoms with van der Waals surface area (Å²) in [6.45, 7) is 1.67. The predicted octanol–water partition coefficient (Wildman–Crippen LogP) is 2.74. The second kappa shape index (κ2) is 6.88. The lowest BCUT2D eigenvalue weighted by Gasteiger charge is -2.06. The van der Waals surface area contributed by atoms with E-state index in [1.165, 1.54) is 19.2 Å². The Morgan fingerprint density at radius 2 is 1.81 bits per heavy atom.